The van der Waals surface area contributed by atoms with Gasteiger partial charge in [-0.2, -0.15) is 5.10 Å². The molecule has 0 radical (unpaired) electrons. The van der Waals surface area contributed by atoms with E-state index >= 15 is 0 Å². The summed E-state index contributed by atoms with van der Waals surface area (Å²) in [7, 11) is -2.28. The minimum Gasteiger partial charge on any atom is -0.477 e. The van der Waals surface area contributed by atoms with Gasteiger partial charge in [0.15, 0.2) is 0 Å². The molecule has 0 atom stereocenters. The quantitative estimate of drug-likeness (QED) is 0.872. The average Bonchev–Trinajstić information content (AvgIpc) is 2.92. The summed E-state index contributed by atoms with van der Waals surface area (Å²) in [6, 6.07) is 0. The van der Waals surface area contributed by atoms with Crippen LogP contribution in [0.1, 0.15) is 27.9 Å². The van der Waals surface area contributed by atoms with Crippen LogP contribution in [0.2, 0.25) is 0 Å². The maximum Gasteiger partial charge on any atom is 0.347 e. The van der Waals surface area contributed by atoms with E-state index in [0.29, 0.717) is 23.4 Å². The minimum atomic E-state index is -3.97. The van der Waals surface area contributed by atoms with Crippen molar-refractivity contribution in [2.75, 3.05) is 4.72 Å². The number of hydrogen-bond donors (Lipinski definition) is 2. The third kappa shape index (κ3) is 2.93. The summed E-state index contributed by atoms with van der Waals surface area (Å²) in [4.78, 5) is 10.8. The first-order chi connectivity index (χ1) is 9.76. The Balaban J connectivity index is 2.48. The second-order valence-electron chi connectivity index (χ2n) is 4.50. The van der Waals surface area contributed by atoms with Gasteiger partial charge in [0, 0.05) is 13.2 Å². The number of aromatic carboxylic acids is 1. The number of carboxylic acid groups (broad SMARTS) is 1. The van der Waals surface area contributed by atoms with Crippen molar-refractivity contribution in [2.24, 2.45) is 7.05 Å². The number of hydrogen-bond acceptors (Lipinski definition) is 5. The number of nitrogens with one attached hydrogen (secondary N) is 1. The number of anilines is 1. The van der Waals surface area contributed by atoms with Crippen molar-refractivity contribution < 1.29 is 18.3 Å². The van der Waals surface area contributed by atoms with Crippen LogP contribution in [0.4, 0.5) is 5.69 Å². The van der Waals surface area contributed by atoms with Crippen LogP contribution in [0.5, 0.6) is 0 Å². The Morgan fingerprint density at radius 3 is 2.76 bits per heavy atom. The highest BCUT2D eigenvalue weighted by molar-refractivity contribution is 7.93. The van der Waals surface area contributed by atoms with E-state index in [0.717, 1.165) is 11.3 Å². The molecule has 2 N–H and O–H groups in total. The zero-order chi connectivity index (χ0) is 15.8. The van der Waals surface area contributed by atoms with Crippen molar-refractivity contribution in [1.29, 1.82) is 0 Å². The summed E-state index contributed by atoms with van der Waals surface area (Å²) in [6.45, 7) is 3.43. The first-order valence-corrected chi connectivity index (χ1v) is 8.49. The topological polar surface area (TPSA) is 101 Å². The lowest BCUT2D eigenvalue weighted by Crippen LogP contribution is -2.16. The molecule has 0 bridgehead atoms. The van der Waals surface area contributed by atoms with Gasteiger partial charge in [-0.3, -0.25) is 9.40 Å². The van der Waals surface area contributed by atoms with E-state index in [1.807, 2.05) is 6.92 Å². The molecule has 9 heteroatoms. The first-order valence-electron chi connectivity index (χ1n) is 6.13. The third-order valence-electron chi connectivity index (χ3n) is 2.87. The zero-order valence-corrected chi connectivity index (χ0v) is 13.4. The molecule has 0 aliphatic heterocycles. The van der Waals surface area contributed by atoms with Crippen LogP contribution in [-0.4, -0.2) is 29.3 Å². The van der Waals surface area contributed by atoms with Crippen LogP contribution in [0, 0.1) is 6.92 Å². The maximum atomic E-state index is 12.5. The van der Waals surface area contributed by atoms with Crippen LogP contribution in [0.3, 0.4) is 0 Å². The molecule has 0 spiro atoms. The van der Waals surface area contributed by atoms with Gasteiger partial charge >= 0.3 is 5.97 Å². The zero-order valence-electron chi connectivity index (χ0n) is 11.7. The number of nitrogens with zero attached hydrogens (tertiary/aromatic N) is 2. The van der Waals surface area contributed by atoms with Crippen molar-refractivity contribution in [3.8, 4) is 0 Å². The van der Waals surface area contributed by atoms with E-state index in [-0.39, 0.29) is 9.77 Å². The van der Waals surface area contributed by atoms with E-state index in [1.54, 1.807) is 20.2 Å². The monoisotopic (exact) mass is 329 g/mol. The fourth-order valence-corrected chi connectivity index (χ4v) is 4.70. The molecule has 0 aromatic carbocycles. The second-order valence-corrected chi connectivity index (χ2v) is 7.00. The molecule has 0 aliphatic rings. The molecule has 0 saturated carbocycles. The standard InChI is InChI=1S/C12H15N3O4S2/c1-4-8-9(5-15(3)13-8)14-21(18,19)11-7(2)6-20-10(11)12(16)17/h5-6,14H,4H2,1-3H3,(H,16,17). The Morgan fingerprint density at radius 2 is 2.19 bits per heavy atom. The molecular weight excluding hydrogens is 314 g/mol. The summed E-state index contributed by atoms with van der Waals surface area (Å²) in [5.41, 5.74) is 1.37. The predicted octanol–water partition coefficient (Wildman–Crippen LogP) is 1.85. The number of aryl methyl sites for hydroxylation is 3. The molecule has 0 amide bonds. The van der Waals surface area contributed by atoms with Gasteiger partial charge in [-0.15, -0.1) is 11.3 Å². The normalized spacial score (nSPS) is 11.6. The highest BCUT2D eigenvalue weighted by Crippen LogP contribution is 2.29. The van der Waals surface area contributed by atoms with Crippen LogP contribution >= 0.6 is 11.3 Å². The highest BCUT2D eigenvalue weighted by atomic mass is 32.2. The van der Waals surface area contributed by atoms with E-state index < -0.39 is 16.0 Å². The van der Waals surface area contributed by atoms with Gasteiger partial charge in [-0.1, -0.05) is 6.92 Å². The van der Waals surface area contributed by atoms with Gasteiger partial charge in [-0.05, 0) is 24.3 Å². The van der Waals surface area contributed by atoms with Crippen LogP contribution in [0.25, 0.3) is 0 Å². The Kier molecular flexibility index (Phi) is 4.06. The fourth-order valence-electron chi connectivity index (χ4n) is 1.99. The number of thiophene rings is 1. The molecule has 0 fully saturated rings. The van der Waals surface area contributed by atoms with Crippen LogP contribution in [0.15, 0.2) is 16.5 Å². The molecule has 2 heterocycles. The summed E-state index contributed by atoms with van der Waals surface area (Å²) in [5, 5.41) is 14.8. The lowest BCUT2D eigenvalue weighted by molar-refractivity contribution is 0.0698. The summed E-state index contributed by atoms with van der Waals surface area (Å²) >= 11 is 0.897. The van der Waals surface area contributed by atoms with Crippen molar-refractivity contribution in [1.82, 2.24) is 9.78 Å². The first kappa shape index (κ1) is 15.5. The van der Waals surface area contributed by atoms with E-state index in [9.17, 15) is 13.2 Å². The van der Waals surface area contributed by atoms with Gasteiger partial charge in [0.1, 0.15) is 9.77 Å². The summed E-state index contributed by atoms with van der Waals surface area (Å²) < 4.78 is 28.9. The molecular formula is C12H15N3O4S2. The van der Waals surface area contributed by atoms with Gasteiger partial charge in [0.2, 0.25) is 0 Å². The lowest BCUT2D eigenvalue weighted by Gasteiger charge is -2.08. The summed E-state index contributed by atoms with van der Waals surface area (Å²) in [5.74, 6) is -1.25. The largest absolute Gasteiger partial charge is 0.477 e. The molecule has 0 unspecified atom stereocenters. The Labute approximate surface area is 126 Å². The van der Waals surface area contributed by atoms with Gasteiger partial charge in [0.05, 0.1) is 11.4 Å². The van der Waals surface area contributed by atoms with Gasteiger partial charge in [0.25, 0.3) is 10.0 Å². The predicted molar refractivity (Wildman–Crippen MR) is 79.4 cm³/mol. The molecule has 2 aromatic rings. The van der Waals surface area contributed by atoms with E-state index in [2.05, 4.69) is 9.82 Å². The lowest BCUT2D eigenvalue weighted by atomic mass is 10.3. The van der Waals surface area contributed by atoms with E-state index in [1.165, 1.54) is 10.1 Å². The van der Waals surface area contributed by atoms with E-state index in [4.69, 9.17) is 5.11 Å². The average molecular weight is 329 g/mol. The molecule has 114 valence electrons. The van der Waals surface area contributed by atoms with Crippen molar-refractivity contribution >= 4 is 33.0 Å². The highest BCUT2D eigenvalue weighted by Gasteiger charge is 2.27. The molecule has 7 nitrogen and oxygen atoms in total. The third-order valence-corrected chi connectivity index (χ3v) is 5.63. The Morgan fingerprint density at radius 1 is 1.52 bits per heavy atom. The van der Waals surface area contributed by atoms with Crippen molar-refractivity contribution in [3.63, 3.8) is 0 Å². The fraction of sp³-hybridized carbons (Fsp3) is 0.333. The molecule has 21 heavy (non-hydrogen) atoms. The number of carboxylic acids is 1. The van der Waals surface area contributed by atoms with Crippen LogP contribution in [-0.2, 0) is 23.5 Å². The Hall–Kier alpha value is -1.87. The number of carbonyl (C=O) groups is 1. The van der Waals surface area contributed by atoms with Crippen molar-refractivity contribution in [3.05, 3.63) is 27.7 Å². The Bertz CT molecular complexity index is 790. The van der Waals surface area contributed by atoms with Gasteiger partial charge < -0.3 is 5.11 Å². The SMILES string of the molecule is CCc1nn(C)cc1NS(=O)(=O)c1c(C)csc1C(=O)O. The molecule has 2 aromatic heterocycles. The maximum absolute atomic E-state index is 12.5. The second kappa shape index (κ2) is 5.49. The minimum absolute atomic E-state index is 0.189. The molecule has 0 aliphatic carbocycles. The smallest absolute Gasteiger partial charge is 0.347 e. The van der Waals surface area contributed by atoms with Crippen LogP contribution < -0.4 is 4.72 Å². The number of aromatic nitrogens is 2. The number of rotatable bonds is 5. The summed E-state index contributed by atoms with van der Waals surface area (Å²) in [6.07, 6.45) is 2.12. The molecule has 2 rings (SSSR count). The van der Waals surface area contributed by atoms with Crippen molar-refractivity contribution in [2.45, 2.75) is 25.2 Å². The molecule has 0 saturated heterocycles. The van der Waals surface area contributed by atoms with Gasteiger partial charge in [-0.25, -0.2) is 13.2 Å². The number of sulfonamides is 1.